The summed E-state index contributed by atoms with van der Waals surface area (Å²) in [7, 11) is 0. The minimum absolute atomic E-state index is 0.156. The molecule has 320 valence electrons. The van der Waals surface area contributed by atoms with Crippen LogP contribution in [0.25, 0.3) is 141 Å². The highest BCUT2D eigenvalue weighted by Crippen LogP contribution is 2.56. The molecule has 0 aliphatic carbocycles. The van der Waals surface area contributed by atoms with Gasteiger partial charge in [-0.05, 0) is 88.2 Å². The molecule has 0 saturated heterocycles. The smallest absolute Gasteiger partial charge is 0.0972 e. The Labute approximate surface area is 439 Å². The molecule has 0 spiro atoms. The molecule has 3 aromatic heterocycles. The van der Waals surface area contributed by atoms with Crippen LogP contribution in [0.1, 0.15) is 35.6 Å². The maximum absolute atomic E-state index is 10.6. The Morgan fingerprint density at radius 2 is 0.812 bits per heavy atom. The molecule has 0 radical (unpaired) electrons. The molecule has 11 aromatic carbocycles. The lowest BCUT2D eigenvalue weighted by molar-refractivity contribution is 1.37. The zero-order valence-electron chi connectivity index (χ0n) is 61.4. The molecule has 0 aliphatic heterocycles. The molecule has 14 rings (SSSR count). The maximum Gasteiger partial charge on any atom is 0.0972 e. The summed E-state index contributed by atoms with van der Waals surface area (Å²) >= 11 is 0.398. The van der Waals surface area contributed by atoms with Crippen molar-refractivity contribution in [1.82, 2.24) is 9.97 Å². The molecule has 3 heterocycles. The van der Waals surface area contributed by atoms with Crippen molar-refractivity contribution in [3.8, 4) is 65.5 Å². The largest absolute Gasteiger partial charge is 0.254 e. The summed E-state index contributed by atoms with van der Waals surface area (Å²) in [6.07, 6.45) is 1.66. The van der Waals surface area contributed by atoms with Gasteiger partial charge in [-0.2, -0.15) is 0 Å². The normalized spacial score (nSPS) is 17.0. The first kappa shape index (κ1) is 21.5. The van der Waals surface area contributed by atoms with Crippen molar-refractivity contribution in [3.63, 3.8) is 0 Å². The second-order valence-corrected chi connectivity index (χ2v) is 17.0. The van der Waals surface area contributed by atoms with Gasteiger partial charge in [0.1, 0.15) is 0 Å². The fraction of sp³-hybridized carbons (Fsp3) is 0. The highest BCUT2D eigenvalue weighted by molar-refractivity contribution is 7.20. The molecule has 69 heavy (non-hydrogen) atoms. The van der Waals surface area contributed by atoms with E-state index in [1.807, 2.05) is 36.4 Å². The van der Waals surface area contributed by atoms with Crippen LogP contribution in [0.3, 0.4) is 0 Å². The Balaban J connectivity index is 1.25. The molecule has 2 nitrogen and oxygen atoms in total. The third kappa shape index (κ3) is 6.32. The lowest BCUT2D eigenvalue weighted by Gasteiger charge is -2.18. The van der Waals surface area contributed by atoms with Crippen molar-refractivity contribution in [2.75, 3.05) is 0 Å². The van der Waals surface area contributed by atoms with E-state index >= 15 is 0 Å². The van der Waals surface area contributed by atoms with Gasteiger partial charge in [-0.3, -0.25) is 4.98 Å². The highest BCUT2D eigenvalue weighted by atomic mass is 32.1. The lowest BCUT2D eigenvalue weighted by atomic mass is 9.84. The molecule has 14 aromatic rings. The molecule has 0 N–H and O–H groups in total. The van der Waals surface area contributed by atoms with Crippen molar-refractivity contribution in [2.45, 2.75) is 0 Å². The van der Waals surface area contributed by atoms with Gasteiger partial charge < -0.3 is 0 Å². The van der Waals surface area contributed by atoms with Crippen LogP contribution in [-0.4, -0.2) is 9.97 Å². The average Bonchev–Trinajstić information content (AvgIpc) is 1.64. The van der Waals surface area contributed by atoms with Gasteiger partial charge in [0.05, 0.1) is 52.4 Å². The van der Waals surface area contributed by atoms with Gasteiger partial charge in [0.25, 0.3) is 0 Å². The van der Waals surface area contributed by atoms with E-state index in [0.29, 0.717) is 44.4 Å². The van der Waals surface area contributed by atoms with Gasteiger partial charge in [-0.1, -0.05) is 224 Å². The minimum Gasteiger partial charge on any atom is -0.254 e. The lowest BCUT2D eigenvalue weighted by Crippen LogP contribution is -1.93. The van der Waals surface area contributed by atoms with E-state index < -0.39 is 243 Å². The van der Waals surface area contributed by atoms with Crippen LogP contribution >= 0.6 is 11.3 Å². The minimum atomic E-state index is -0.958. The number of benzene rings is 11. The number of rotatable bonds is 6. The van der Waals surface area contributed by atoms with Crippen LogP contribution < -0.4 is 0 Å². The zero-order chi connectivity index (χ0) is 68.0. The molecule has 0 fully saturated rings. The van der Waals surface area contributed by atoms with Crippen molar-refractivity contribution in [1.29, 1.82) is 0 Å². The van der Waals surface area contributed by atoms with Crippen LogP contribution in [0.5, 0.6) is 0 Å². The number of hydrogen-bond donors (Lipinski definition) is 0. The van der Waals surface area contributed by atoms with Gasteiger partial charge in [-0.15, -0.1) is 11.3 Å². The topological polar surface area (TPSA) is 25.8 Å². The molecule has 0 aliphatic rings. The summed E-state index contributed by atoms with van der Waals surface area (Å²) in [6, 6.07) is -0.117. The molecular formula is C66H40N2S. The van der Waals surface area contributed by atoms with E-state index in [0.717, 1.165) is 16.8 Å². The maximum atomic E-state index is 10.6. The number of nitrogens with zero attached hydrogens (tertiary/aromatic N) is 2. The summed E-state index contributed by atoms with van der Waals surface area (Å²) in [6.45, 7) is 0. The van der Waals surface area contributed by atoms with Gasteiger partial charge in [-0.25, -0.2) is 4.98 Å². The van der Waals surface area contributed by atoms with E-state index in [-0.39, 0.29) is 11.1 Å². The van der Waals surface area contributed by atoms with Crippen LogP contribution in [0.2, 0.25) is 0 Å². The standard InChI is InChI=1S/C66H40N2S/c1-4-22-46-41(15-1)18-11-29-56(46)61-62(66(59-31-13-20-43-17-3-6-24-48(43)59)69-65(61)58-30-12-19-42-16-2-5-23-47(42)58)57-38-36-54(50-26-8-10-28-52(50)57)53-35-37-55(51-27-9-7-25-49(51)53)60-39-34-45-33-32-44-21-14-40-67-63(44)64(45)68-60/h1-40H/i1D,2D,3D,4D,5D,6D,8D,10D,11D,12D,13D,15D,16D,17D,18D,19D,20D,23D,24D,26D,28D,29D,30D,31D,36D,38D. The van der Waals surface area contributed by atoms with Gasteiger partial charge in [0, 0.05) is 54.5 Å². The van der Waals surface area contributed by atoms with Crippen LogP contribution in [0.4, 0.5) is 0 Å². The molecule has 0 bridgehead atoms. The van der Waals surface area contributed by atoms with Gasteiger partial charge >= 0.3 is 0 Å². The van der Waals surface area contributed by atoms with Crippen molar-refractivity contribution in [3.05, 3.63) is 242 Å². The SMILES string of the molecule is [2H]c1cc2c(-c3c(-c4c([2H])c([2H])c([2H])c5c([2H])c([2H])c([2H])c([2H])c45)sc(-c4c([2H])c([2H])c([2H])c5c([2H])c([2H])c([2H])c([2H])c45)c3-c3c([2H])c([2H])c(-c4ccc(-c5ccc6ccc7cccnc7c6n5)c5ccccc45)c4c([2H])c([2H])c([2H])c([2H])c34)c([2H])c([2H])c([2H])c2c([2H])c1[2H]. The average molecular weight is 919 g/mol. The molecule has 0 amide bonds. The Morgan fingerprint density at radius 1 is 0.304 bits per heavy atom. The number of fused-ring (bicyclic) bond motifs is 8. The third-order valence-corrected chi connectivity index (χ3v) is 13.5. The number of aromatic nitrogens is 2. The first-order valence-electron chi connectivity index (χ1n) is 34.4. The second-order valence-electron chi connectivity index (χ2n) is 16.0. The van der Waals surface area contributed by atoms with E-state index in [2.05, 4.69) is 4.98 Å². The fourth-order valence-electron chi connectivity index (χ4n) is 9.23. The van der Waals surface area contributed by atoms with Crippen LogP contribution in [-0.2, 0) is 0 Å². The molecule has 0 saturated carbocycles. The predicted octanol–water partition coefficient (Wildman–Crippen LogP) is 18.6. The molecule has 3 heteroatoms. The van der Waals surface area contributed by atoms with E-state index in [1.54, 1.807) is 42.6 Å². The van der Waals surface area contributed by atoms with Gasteiger partial charge in [0.15, 0.2) is 0 Å². The number of thiophene rings is 1. The zero-order valence-corrected chi connectivity index (χ0v) is 36.2. The van der Waals surface area contributed by atoms with E-state index in [4.69, 9.17) is 16.0 Å². The number of hydrogen-bond acceptors (Lipinski definition) is 3. The fourth-order valence-corrected chi connectivity index (χ4v) is 10.6. The first-order valence-corrected chi connectivity index (χ1v) is 22.2. The Hall–Kier alpha value is -8.76. The highest BCUT2D eigenvalue weighted by Gasteiger charge is 2.28. The van der Waals surface area contributed by atoms with E-state index in [1.165, 1.54) is 0 Å². The second kappa shape index (κ2) is 16.0. The monoisotopic (exact) mass is 918 g/mol. The summed E-state index contributed by atoms with van der Waals surface area (Å²) in [5.41, 5.74) is -1.63. The Bertz CT molecular complexity index is 5920. The summed E-state index contributed by atoms with van der Waals surface area (Å²) in [5.74, 6) is 0. The molecule has 0 unspecified atom stereocenters. The van der Waals surface area contributed by atoms with Crippen molar-refractivity contribution in [2.24, 2.45) is 0 Å². The van der Waals surface area contributed by atoms with Gasteiger partial charge in [0.2, 0.25) is 0 Å². The number of pyridine rings is 2. The Kier molecular flexibility index (Phi) is 4.96. The first-order chi connectivity index (χ1) is 45.0. The Morgan fingerprint density at radius 3 is 1.51 bits per heavy atom. The summed E-state index contributed by atoms with van der Waals surface area (Å²) in [4.78, 5) is 8.64. The van der Waals surface area contributed by atoms with Crippen molar-refractivity contribution >= 4 is 87.0 Å². The summed E-state index contributed by atoms with van der Waals surface area (Å²) < 4.78 is 245. The third-order valence-electron chi connectivity index (χ3n) is 12.3. The van der Waals surface area contributed by atoms with Crippen LogP contribution in [0, 0.1) is 0 Å². The van der Waals surface area contributed by atoms with Crippen LogP contribution in [0.15, 0.2) is 242 Å². The quantitative estimate of drug-likeness (QED) is 0.155. The predicted molar refractivity (Wildman–Crippen MR) is 295 cm³/mol. The van der Waals surface area contributed by atoms with E-state index in [9.17, 15) is 24.7 Å². The summed E-state index contributed by atoms with van der Waals surface area (Å²) in [5, 5.41) is -1.90. The molecular weight excluding hydrogens is 853 g/mol. The molecule has 0 atom stereocenters. The van der Waals surface area contributed by atoms with Crippen molar-refractivity contribution < 1.29 is 35.6 Å².